The zero-order valence-corrected chi connectivity index (χ0v) is 11.2. The Labute approximate surface area is 103 Å². The van der Waals surface area contributed by atoms with Crippen LogP contribution in [0, 0.1) is 0 Å². The van der Waals surface area contributed by atoms with Crippen LogP contribution in [0.2, 0.25) is 0 Å². The lowest BCUT2D eigenvalue weighted by Gasteiger charge is -2.07. The highest BCUT2D eigenvalue weighted by Gasteiger charge is 2.12. The van der Waals surface area contributed by atoms with Crippen molar-refractivity contribution in [2.75, 3.05) is 13.6 Å². The number of hydrogen-bond donors (Lipinski definition) is 2. The summed E-state index contributed by atoms with van der Waals surface area (Å²) in [7, 11) is -1.48. The topological polar surface area (TPSA) is 58.2 Å². The Morgan fingerprint density at radius 1 is 1.18 bits per heavy atom. The molecule has 96 valence electrons. The van der Waals surface area contributed by atoms with Crippen molar-refractivity contribution < 1.29 is 8.42 Å². The van der Waals surface area contributed by atoms with Gasteiger partial charge in [0.25, 0.3) is 0 Å². The normalized spacial score (nSPS) is 11.6. The van der Waals surface area contributed by atoms with E-state index in [1.165, 1.54) is 0 Å². The van der Waals surface area contributed by atoms with Crippen LogP contribution in [0.5, 0.6) is 0 Å². The zero-order chi connectivity index (χ0) is 12.7. The zero-order valence-electron chi connectivity index (χ0n) is 10.4. The number of sulfonamides is 1. The SMILES string of the molecule is CCCCNS(=O)(=O)c1ccc(CNC)cc1. The summed E-state index contributed by atoms with van der Waals surface area (Å²) in [5.74, 6) is 0. The Bertz CT molecular complexity index is 426. The first kappa shape index (κ1) is 14.2. The Hall–Kier alpha value is -0.910. The fourth-order valence-electron chi connectivity index (χ4n) is 1.46. The third-order valence-electron chi connectivity index (χ3n) is 2.44. The molecule has 0 bridgehead atoms. The smallest absolute Gasteiger partial charge is 0.240 e. The number of rotatable bonds is 7. The molecular formula is C12H20N2O2S. The van der Waals surface area contributed by atoms with E-state index < -0.39 is 10.0 Å². The maximum atomic E-state index is 11.8. The first-order valence-corrected chi connectivity index (χ1v) is 7.31. The molecule has 0 aliphatic carbocycles. The molecule has 0 spiro atoms. The van der Waals surface area contributed by atoms with Crippen LogP contribution in [0.15, 0.2) is 29.2 Å². The molecule has 0 saturated carbocycles. The van der Waals surface area contributed by atoms with Crippen molar-refractivity contribution in [2.45, 2.75) is 31.2 Å². The first-order valence-electron chi connectivity index (χ1n) is 5.83. The van der Waals surface area contributed by atoms with Gasteiger partial charge < -0.3 is 5.32 Å². The van der Waals surface area contributed by atoms with E-state index in [0.717, 1.165) is 24.9 Å². The van der Waals surface area contributed by atoms with Gasteiger partial charge in [0.05, 0.1) is 4.90 Å². The van der Waals surface area contributed by atoms with Crippen LogP contribution in [0.1, 0.15) is 25.3 Å². The molecule has 0 atom stereocenters. The fourth-order valence-corrected chi connectivity index (χ4v) is 2.53. The van der Waals surface area contributed by atoms with Gasteiger partial charge >= 0.3 is 0 Å². The third-order valence-corrected chi connectivity index (χ3v) is 3.91. The first-order chi connectivity index (χ1) is 8.10. The second kappa shape index (κ2) is 6.74. The van der Waals surface area contributed by atoms with Crippen molar-refractivity contribution in [2.24, 2.45) is 0 Å². The van der Waals surface area contributed by atoms with Gasteiger partial charge in [-0.3, -0.25) is 0 Å². The molecular weight excluding hydrogens is 236 g/mol. The third kappa shape index (κ3) is 4.46. The van der Waals surface area contributed by atoms with Crippen molar-refractivity contribution in [3.8, 4) is 0 Å². The minimum atomic E-state index is -3.33. The summed E-state index contributed by atoms with van der Waals surface area (Å²) in [6, 6.07) is 6.93. The molecule has 1 aromatic carbocycles. The average Bonchev–Trinajstić information content (AvgIpc) is 2.30. The highest BCUT2D eigenvalue weighted by Crippen LogP contribution is 2.10. The maximum absolute atomic E-state index is 11.8. The molecule has 0 unspecified atom stereocenters. The minimum Gasteiger partial charge on any atom is -0.316 e. The molecule has 0 heterocycles. The van der Waals surface area contributed by atoms with Crippen LogP contribution in [-0.2, 0) is 16.6 Å². The quantitative estimate of drug-likeness (QED) is 0.727. The molecule has 0 aliphatic rings. The van der Waals surface area contributed by atoms with Crippen LogP contribution < -0.4 is 10.0 Å². The van der Waals surface area contributed by atoms with Gasteiger partial charge in [0.15, 0.2) is 0 Å². The van der Waals surface area contributed by atoms with E-state index in [1.807, 2.05) is 26.1 Å². The molecule has 0 aromatic heterocycles. The summed E-state index contributed by atoms with van der Waals surface area (Å²) in [4.78, 5) is 0.327. The molecule has 4 nitrogen and oxygen atoms in total. The molecule has 1 aromatic rings. The summed E-state index contributed by atoms with van der Waals surface area (Å²) in [6.07, 6.45) is 1.83. The molecule has 0 amide bonds. The second-order valence-corrected chi connectivity index (χ2v) is 5.69. The van der Waals surface area contributed by atoms with Crippen LogP contribution in [0.4, 0.5) is 0 Å². The monoisotopic (exact) mass is 256 g/mol. The summed E-state index contributed by atoms with van der Waals surface area (Å²) in [5.41, 5.74) is 1.07. The lowest BCUT2D eigenvalue weighted by atomic mass is 10.2. The van der Waals surface area contributed by atoms with E-state index in [-0.39, 0.29) is 0 Å². The van der Waals surface area contributed by atoms with Crippen molar-refractivity contribution in [3.05, 3.63) is 29.8 Å². The van der Waals surface area contributed by atoms with Crippen LogP contribution in [-0.4, -0.2) is 22.0 Å². The van der Waals surface area contributed by atoms with Gasteiger partial charge in [0.1, 0.15) is 0 Å². The van der Waals surface area contributed by atoms with Crippen LogP contribution in [0.25, 0.3) is 0 Å². The molecule has 0 radical (unpaired) electrons. The van der Waals surface area contributed by atoms with Crippen LogP contribution >= 0.6 is 0 Å². The van der Waals surface area contributed by atoms with E-state index in [2.05, 4.69) is 10.0 Å². The van der Waals surface area contributed by atoms with Crippen LogP contribution in [0.3, 0.4) is 0 Å². The Morgan fingerprint density at radius 2 is 1.82 bits per heavy atom. The predicted octanol–water partition coefficient (Wildman–Crippen LogP) is 1.48. The van der Waals surface area contributed by atoms with Gasteiger partial charge in [-0.05, 0) is 31.2 Å². The lowest BCUT2D eigenvalue weighted by Crippen LogP contribution is -2.24. The highest BCUT2D eigenvalue weighted by molar-refractivity contribution is 7.89. The molecule has 0 aliphatic heterocycles. The van der Waals surface area contributed by atoms with Gasteiger partial charge in [-0.15, -0.1) is 0 Å². The fraction of sp³-hybridized carbons (Fsp3) is 0.500. The number of hydrogen-bond acceptors (Lipinski definition) is 3. The second-order valence-electron chi connectivity index (χ2n) is 3.93. The lowest BCUT2D eigenvalue weighted by molar-refractivity contribution is 0.578. The van der Waals surface area contributed by atoms with Crippen molar-refractivity contribution in [1.82, 2.24) is 10.0 Å². The van der Waals surface area contributed by atoms with Gasteiger partial charge in [-0.25, -0.2) is 13.1 Å². The van der Waals surface area contributed by atoms with E-state index >= 15 is 0 Å². The van der Waals surface area contributed by atoms with Crippen molar-refractivity contribution >= 4 is 10.0 Å². The van der Waals surface area contributed by atoms with E-state index in [0.29, 0.717) is 11.4 Å². The molecule has 5 heteroatoms. The molecule has 2 N–H and O–H groups in total. The summed E-state index contributed by atoms with van der Waals surface area (Å²) in [5, 5.41) is 3.02. The van der Waals surface area contributed by atoms with Gasteiger partial charge in [-0.2, -0.15) is 0 Å². The Balaban J connectivity index is 2.71. The molecule has 0 fully saturated rings. The predicted molar refractivity (Wildman–Crippen MR) is 69.3 cm³/mol. The highest BCUT2D eigenvalue weighted by atomic mass is 32.2. The van der Waals surface area contributed by atoms with Crippen molar-refractivity contribution in [3.63, 3.8) is 0 Å². The Kier molecular flexibility index (Phi) is 5.61. The summed E-state index contributed by atoms with van der Waals surface area (Å²) >= 11 is 0. The van der Waals surface area contributed by atoms with E-state index in [1.54, 1.807) is 12.1 Å². The number of nitrogens with one attached hydrogen (secondary N) is 2. The summed E-state index contributed by atoms with van der Waals surface area (Å²) in [6.45, 7) is 3.27. The van der Waals surface area contributed by atoms with E-state index in [9.17, 15) is 8.42 Å². The molecule has 1 rings (SSSR count). The molecule has 0 saturated heterocycles. The van der Waals surface area contributed by atoms with Crippen molar-refractivity contribution in [1.29, 1.82) is 0 Å². The summed E-state index contributed by atoms with van der Waals surface area (Å²) < 4.78 is 26.3. The number of benzene rings is 1. The number of unbranched alkanes of at least 4 members (excludes halogenated alkanes) is 1. The molecule has 17 heavy (non-hydrogen) atoms. The van der Waals surface area contributed by atoms with E-state index in [4.69, 9.17) is 0 Å². The van der Waals surface area contributed by atoms with Gasteiger partial charge in [0, 0.05) is 13.1 Å². The Morgan fingerprint density at radius 3 is 2.35 bits per heavy atom. The average molecular weight is 256 g/mol. The standard InChI is InChI=1S/C12H20N2O2S/c1-3-4-9-14-17(15,16)12-7-5-11(6-8-12)10-13-2/h5-8,13-14H,3-4,9-10H2,1-2H3. The maximum Gasteiger partial charge on any atom is 0.240 e. The van der Waals surface area contributed by atoms with Gasteiger partial charge in [-0.1, -0.05) is 25.5 Å². The minimum absolute atomic E-state index is 0.327. The largest absolute Gasteiger partial charge is 0.316 e. The van der Waals surface area contributed by atoms with Gasteiger partial charge in [0.2, 0.25) is 10.0 Å².